The number of anilines is 9. The molecule has 7 nitrogen and oxygen atoms in total. The Morgan fingerprint density at radius 2 is 0.684 bits per heavy atom. The van der Waals surface area contributed by atoms with Crippen molar-refractivity contribution in [1.82, 2.24) is 13.7 Å². The number of rotatable bonds is 11. The first-order valence-electron chi connectivity index (χ1n) is 40.9. The molecule has 2 aliphatic heterocycles. The van der Waals surface area contributed by atoms with Gasteiger partial charge in [0, 0.05) is 88.8 Å². The highest BCUT2D eigenvalue weighted by Gasteiger charge is 2.46. The SMILES string of the molecule is CC(C)(C)c1ccc(N(c2ccc(C(C)(C)C)cc2)c2cc3c4c(c2)N(c2ccccc2-c2ccccc2)c2cc(-n5c6ccc(C#N)cc6c6cc(C(C)(C)C)ccc65)ccc2B4c2ccc(-c4cccc(-n5c6ccccc6c6ccccc65)c4-n4c5ccccc5c5ccccc54)cc2N3c2ccccc2-c2ccccc2)cc1. The summed E-state index contributed by atoms with van der Waals surface area (Å²) < 4.78 is 7.49. The van der Waals surface area contributed by atoms with Gasteiger partial charge in [0.25, 0.3) is 6.71 Å². The second-order valence-corrected chi connectivity index (χ2v) is 34.8. The molecular weight excluding hydrogens is 1420 g/mol. The van der Waals surface area contributed by atoms with Crippen molar-refractivity contribution in [2.45, 2.75) is 78.6 Å². The lowest BCUT2D eigenvalue weighted by Gasteiger charge is -2.46. The van der Waals surface area contributed by atoms with Crippen molar-refractivity contribution >= 4 is 140 Å². The fourth-order valence-corrected chi connectivity index (χ4v) is 19.0. The molecule has 0 unspecified atom stereocenters. The third kappa shape index (κ3) is 11.5. The summed E-state index contributed by atoms with van der Waals surface area (Å²) in [7, 11) is 0. The molecule has 0 saturated carbocycles. The van der Waals surface area contributed by atoms with Crippen LogP contribution in [-0.2, 0) is 16.2 Å². The summed E-state index contributed by atoms with van der Waals surface area (Å²) in [6.45, 7) is 20.3. The van der Waals surface area contributed by atoms with Crippen LogP contribution in [-0.4, -0.2) is 20.4 Å². The number of hydrogen-bond donors (Lipinski definition) is 0. The fourth-order valence-electron chi connectivity index (χ4n) is 19.0. The van der Waals surface area contributed by atoms with Crippen LogP contribution in [0.5, 0.6) is 0 Å². The number of para-hydroxylation sites is 7. The minimum atomic E-state index is -0.325. The number of hydrogen-bond acceptors (Lipinski definition) is 4. The maximum absolute atomic E-state index is 10.6. The first-order chi connectivity index (χ1) is 56.9. The Bertz CT molecular complexity index is 7110. The highest BCUT2D eigenvalue weighted by atomic mass is 15.2. The van der Waals surface area contributed by atoms with Crippen molar-refractivity contribution in [1.29, 1.82) is 5.26 Å². The van der Waals surface area contributed by atoms with E-state index < -0.39 is 0 Å². The molecule has 0 saturated heterocycles. The van der Waals surface area contributed by atoms with E-state index in [0.29, 0.717) is 5.56 Å². The molecular formula is C109H86BN7. The summed E-state index contributed by atoms with van der Waals surface area (Å²) in [6, 6.07) is 137. The molecule has 0 atom stereocenters. The Balaban J connectivity index is 0.912. The van der Waals surface area contributed by atoms with Crippen molar-refractivity contribution in [3.05, 3.63) is 380 Å². The van der Waals surface area contributed by atoms with Crippen LogP contribution in [0.2, 0.25) is 0 Å². The first kappa shape index (κ1) is 70.7. The zero-order valence-corrected chi connectivity index (χ0v) is 67.3. The van der Waals surface area contributed by atoms with E-state index in [1.807, 2.05) is 6.07 Å². The van der Waals surface area contributed by atoms with Crippen LogP contribution >= 0.6 is 0 Å². The quantitative estimate of drug-likeness (QED) is 0.121. The molecule has 19 aromatic rings. The minimum Gasteiger partial charge on any atom is -0.311 e. The van der Waals surface area contributed by atoms with Crippen molar-refractivity contribution in [2.24, 2.45) is 0 Å². The van der Waals surface area contributed by atoms with Gasteiger partial charge >= 0.3 is 0 Å². The lowest BCUT2D eigenvalue weighted by molar-refractivity contribution is 0.590. The van der Waals surface area contributed by atoms with E-state index in [1.165, 1.54) is 54.6 Å². The van der Waals surface area contributed by atoms with Gasteiger partial charge in [-0.05, 0) is 193 Å². The van der Waals surface area contributed by atoms with Crippen LogP contribution in [0.15, 0.2) is 358 Å². The average molecular weight is 1500 g/mol. The molecule has 0 aliphatic carbocycles. The van der Waals surface area contributed by atoms with Gasteiger partial charge in [-0.3, -0.25) is 0 Å². The molecule has 3 aromatic heterocycles. The van der Waals surface area contributed by atoms with Gasteiger partial charge in [-0.15, -0.1) is 0 Å². The predicted molar refractivity (Wildman–Crippen MR) is 495 cm³/mol. The Hall–Kier alpha value is -14.1. The van der Waals surface area contributed by atoms with Gasteiger partial charge in [0.2, 0.25) is 0 Å². The Morgan fingerprint density at radius 1 is 0.274 bits per heavy atom. The highest BCUT2D eigenvalue weighted by molar-refractivity contribution is 7.00. The zero-order valence-electron chi connectivity index (χ0n) is 67.3. The van der Waals surface area contributed by atoms with Crippen LogP contribution in [0.3, 0.4) is 0 Å². The summed E-state index contributed by atoms with van der Waals surface area (Å²) >= 11 is 0. The van der Waals surface area contributed by atoms with E-state index in [2.05, 4.69) is 449 Å². The number of nitriles is 1. The standard InChI is InChI=1S/C109H86BN7/c1-107(2,3)74-49-54-77(55-50-74)112(78-56-51-75(52-57-78)108(4,5)6)80-67-103-105-104(68-80)116(93-41-23-17-34-82(93)72-31-14-11-15-32-72)102-66-79(113-98-61-47-70(69-111)63-88(98)89-65-76(109(7,8)9)53-62-99(89)113)58-60-91(102)110(105)90-59-48-73(64-101(90)115(103)92-40-22-16-33-81(92)71-29-12-10-13-30-71)83-39-28-46-100(114-94-42-24-18-35-84(94)85-36-19-25-43-95(85)114)106(83)117-96-44-26-20-37-86(96)87-38-21-27-45-97(87)117/h10-68H,1-9H3. The molecule has 0 N–H and O–H groups in total. The second-order valence-electron chi connectivity index (χ2n) is 34.8. The van der Waals surface area contributed by atoms with Gasteiger partial charge in [0.15, 0.2) is 0 Å². The first-order valence-corrected chi connectivity index (χ1v) is 40.9. The summed E-state index contributed by atoms with van der Waals surface area (Å²) in [5.41, 5.74) is 33.4. The second kappa shape index (κ2) is 27.0. The summed E-state index contributed by atoms with van der Waals surface area (Å²) in [6.07, 6.45) is 0. The summed E-state index contributed by atoms with van der Waals surface area (Å²) in [4.78, 5) is 7.76. The molecule has 21 rings (SSSR count). The monoisotopic (exact) mass is 1500 g/mol. The largest absolute Gasteiger partial charge is 0.311 e. The van der Waals surface area contributed by atoms with Crippen molar-refractivity contribution < 1.29 is 0 Å². The van der Waals surface area contributed by atoms with Crippen molar-refractivity contribution in [2.75, 3.05) is 14.7 Å². The smallest absolute Gasteiger partial charge is 0.252 e. The summed E-state index contributed by atoms with van der Waals surface area (Å²) in [5, 5.41) is 17.6. The van der Waals surface area contributed by atoms with E-state index in [9.17, 15) is 5.26 Å². The van der Waals surface area contributed by atoms with Crippen molar-refractivity contribution in [3.63, 3.8) is 0 Å². The van der Waals surface area contributed by atoms with E-state index in [0.717, 1.165) is 146 Å². The molecule has 2 aliphatic rings. The Morgan fingerprint density at radius 3 is 1.19 bits per heavy atom. The summed E-state index contributed by atoms with van der Waals surface area (Å²) in [5.74, 6) is 0. The molecule has 117 heavy (non-hydrogen) atoms. The number of fused-ring (bicyclic) bond motifs is 13. The van der Waals surface area contributed by atoms with Gasteiger partial charge in [0.05, 0.1) is 73.2 Å². The maximum Gasteiger partial charge on any atom is 0.252 e. The molecule has 0 fully saturated rings. The fraction of sp³-hybridized carbons (Fsp3) is 0.110. The van der Waals surface area contributed by atoms with Crippen LogP contribution in [0.4, 0.5) is 51.2 Å². The van der Waals surface area contributed by atoms with E-state index in [4.69, 9.17) is 0 Å². The lowest BCUT2D eigenvalue weighted by atomic mass is 9.33. The van der Waals surface area contributed by atoms with Crippen LogP contribution in [0.25, 0.3) is 116 Å². The van der Waals surface area contributed by atoms with Gasteiger partial charge in [-0.1, -0.05) is 293 Å². The van der Waals surface area contributed by atoms with Crippen LogP contribution in [0.1, 0.15) is 84.6 Å². The highest BCUT2D eigenvalue weighted by Crippen LogP contribution is 2.54. The minimum absolute atomic E-state index is 0.0920. The van der Waals surface area contributed by atoms with Gasteiger partial charge in [0.1, 0.15) is 0 Å². The third-order valence-electron chi connectivity index (χ3n) is 24.7. The molecule has 8 heteroatoms. The van der Waals surface area contributed by atoms with Gasteiger partial charge in [-0.25, -0.2) is 0 Å². The lowest BCUT2D eigenvalue weighted by Crippen LogP contribution is -2.61. The molecule has 0 amide bonds. The van der Waals surface area contributed by atoms with E-state index >= 15 is 0 Å². The maximum atomic E-state index is 10.6. The topological polar surface area (TPSA) is 48.3 Å². The van der Waals surface area contributed by atoms with E-state index in [1.54, 1.807) is 0 Å². The number of aromatic nitrogens is 3. The zero-order chi connectivity index (χ0) is 79.3. The van der Waals surface area contributed by atoms with Crippen molar-refractivity contribution in [3.8, 4) is 56.5 Å². The Kier molecular flexibility index (Phi) is 16.3. The van der Waals surface area contributed by atoms with Gasteiger partial charge in [-0.2, -0.15) is 5.26 Å². The average Bonchev–Trinajstić information content (AvgIpc) is 1.33. The molecule has 560 valence electrons. The molecule has 0 radical (unpaired) electrons. The molecule has 5 heterocycles. The Labute approximate surface area is 684 Å². The normalized spacial score (nSPS) is 12.8. The van der Waals surface area contributed by atoms with Crippen LogP contribution < -0.4 is 31.1 Å². The van der Waals surface area contributed by atoms with Gasteiger partial charge < -0.3 is 28.4 Å². The number of benzene rings is 16. The third-order valence-corrected chi connectivity index (χ3v) is 24.7. The molecule has 0 spiro atoms. The molecule has 16 aromatic carbocycles. The van der Waals surface area contributed by atoms with E-state index in [-0.39, 0.29) is 23.0 Å². The predicted octanol–water partition coefficient (Wildman–Crippen LogP) is 27.3. The molecule has 0 bridgehead atoms. The van der Waals surface area contributed by atoms with Crippen LogP contribution in [0, 0.1) is 11.3 Å². The number of nitrogens with zero attached hydrogens (tertiary/aromatic N) is 7.